The van der Waals surface area contributed by atoms with Crippen molar-refractivity contribution in [2.75, 3.05) is 13.1 Å². The van der Waals surface area contributed by atoms with E-state index in [4.69, 9.17) is 0 Å². The van der Waals surface area contributed by atoms with Crippen molar-refractivity contribution in [3.63, 3.8) is 0 Å². The Balaban J connectivity index is 1.45. The zero-order chi connectivity index (χ0) is 13.5. The molecule has 19 heavy (non-hydrogen) atoms. The molecule has 0 bridgehead atoms. The summed E-state index contributed by atoms with van der Waals surface area (Å²) >= 11 is 0. The molecule has 1 atom stereocenters. The fourth-order valence-electron chi connectivity index (χ4n) is 3.32. The Morgan fingerprint density at radius 3 is 2.26 bits per heavy atom. The second-order valence-electron chi connectivity index (χ2n) is 6.79. The van der Waals surface area contributed by atoms with Gasteiger partial charge in [0, 0.05) is 25.2 Å². The Morgan fingerprint density at radius 2 is 1.79 bits per heavy atom. The van der Waals surface area contributed by atoms with E-state index in [1.54, 1.807) is 6.92 Å². The zero-order valence-electron chi connectivity index (χ0n) is 11.9. The molecule has 3 aliphatic rings. The molecular formula is C15H26N2O2. The Bertz CT molecular complexity index is 340. The summed E-state index contributed by atoms with van der Waals surface area (Å²) in [5, 5.41) is 13.3. The average molecular weight is 266 g/mol. The van der Waals surface area contributed by atoms with Crippen LogP contribution in [0, 0.1) is 5.92 Å². The molecule has 0 radical (unpaired) electrons. The molecule has 1 saturated heterocycles. The first-order valence-electron chi connectivity index (χ1n) is 7.85. The lowest BCUT2D eigenvalue weighted by molar-refractivity contribution is -0.141. The summed E-state index contributed by atoms with van der Waals surface area (Å²) in [6, 6.07) is 1.07. The second kappa shape index (κ2) is 5.06. The van der Waals surface area contributed by atoms with Crippen molar-refractivity contribution in [3.8, 4) is 0 Å². The van der Waals surface area contributed by atoms with Gasteiger partial charge in [-0.05, 0) is 51.4 Å². The van der Waals surface area contributed by atoms with Gasteiger partial charge in [-0.25, -0.2) is 0 Å². The van der Waals surface area contributed by atoms with Gasteiger partial charge in [0.1, 0.15) is 5.60 Å². The first-order valence-corrected chi connectivity index (χ1v) is 7.85. The largest absolute Gasteiger partial charge is 0.380 e. The minimum absolute atomic E-state index is 0.155. The van der Waals surface area contributed by atoms with Crippen LogP contribution in [0.25, 0.3) is 0 Å². The fourth-order valence-corrected chi connectivity index (χ4v) is 3.32. The smallest absolute Gasteiger partial charge is 0.252 e. The van der Waals surface area contributed by atoms with Gasteiger partial charge in [0.15, 0.2) is 0 Å². The van der Waals surface area contributed by atoms with Crippen LogP contribution in [0.1, 0.15) is 51.9 Å². The fraction of sp³-hybridized carbons (Fsp3) is 0.933. The Labute approximate surface area is 115 Å². The van der Waals surface area contributed by atoms with Crippen LogP contribution in [-0.2, 0) is 4.79 Å². The molecule has 4 heteroatoms. The highest BCUT2D eigenvalue weighted by molar-refractivity contribution is 5.85. The number of nitrogens with zero attached hydrogens (tertiary/aromatic N) is 1. The molecule has 3 fully saturated rings. The number of rotatable bonds is 4. The van der Waals surface area contributed by atoms with E-state index in [1.807, 2.05) is 0 Å². The van der Waals surface area contributed by atoms with Gasteiger partial charge >= 0.3 is 0 Å². The van der Waals surface area contributed by atoms with Gasteiger partial charge in [-0.15, -0.1) is 0 Å². The maximum absolute atomic E-state index is 12.1. The van der Waals surface area contributed by atoms with Gasteiger partial charge in [0.25, 0.3) is 5.91 Å². The van der Waals surface area contributed by atoms with Crippen molar-refractivity contribution in [1.29, 1.82) is 0 Å². The summed E-state index contributed by atoms with van der Waals surface area (Å²) in [5.41, 5.74) is -1.15. The zero-order valence-corrected chi connectivity index (χ0v) is 11.9. The van der Waals surface area contributed by atoms with E-state index in [-0.39, 0.29) is 17.9 Å². The number of hydrogen-bond donors (Lipinski definition) is 2. The number of carbonyl (C=O) groups is 1. The minimum Gasteiger partial charge on any atom is -0.380 e. The molecule has 2 saturated carbocycles. The number of likely N-dealkylation sites (tertiary alicyclic amines) is 1. The van der Waals surface area contributed by atoms with E-state index in [2.05, 4.69) is 10.2 Å². The highest BCUT2D eigenvalue weighted by Crippen LogP contribution is 2.39. The van der Waals surface area contributed by atoms with Crippen molar-refractivity contribution >= 4 is 5.91 Å². The molecule has 4 nitrogen and oxygen atoms in total. The van der Waals surface area contributed by atoms with Crippen LogP contribution >= 0.6 is 0 Å². The molecule has 2 N–H and O–H groups in total. The van der Waals surface area contributed by atoms with Gasteiger partial charge < -0.3 is 15.3 Å². The van der Waals surface area contributed by atoms with Crippen molar-refractivity contribution in [2.45, 2.75) is 69.6 Å². The van der Waals surface area contributed by atoms with Crippen LogP contribution < -0.4 is 5.32 Å². The van der Waals surface area contributed by atoms with E-state index < -0.39 is 5.60 Å². The second-order valence-corrected chi connectivity index (χ2v) is 6.79. The van der Waals surface area contributed by atoms with Crippen molar-refractivity contribution in [3.05, 3.63) is 0 Å². The van der Waals surface area contributed by atoms with Gasteiger partial charge in [-0.3, -0.25) is 4.79 Å². The lowest BCUT2D eigenvalue weighted by Gasteiger charge is -2.42. The first kappa shape index (κ1) is 13.4. The molecule has 0 aromatic rings. The molecule has 0 aromatic carbocycles. The summed E-state index contributed by atoms with van der Waals surface area (Å²) in [6.07, 6.45) is 8.12. The molecule has 1 amide bonds. The van der Waals surface area contributed by atoms with E-state index >= 15 is 0 Å². The summed E-state index contributed by atoms with van der Waals surface area (Å²) < 4.78 is 0. The van der Waals surface area contributed by atoms with Gasteiger partial charge in [0.05, 0.1) is 0 Å². The monoisotopic (exact) mass is 266 g/mol. The third-order valence-corrected chi connectivity index (χ3v) is 5.29. The predicted octanol–water partition coefficient (Wildman–Crippen LogP) is 1.28. The number of aliphatic hydroxyl groups is 1. The number of amides is 1. The summed E-state index contributed by atoms with van der Waals surface area (Å²) in [7, 11) is 0. The Morgan fingerprint density at radius 1 is 1.16 bits per heavy atom. The van der Waals surface area contributed by atoms with E-state index in [0.29, 0.717) is 0 Å². The SMILES string of the molecule is CC(O)(C(=O)NC1CCN(C2CCC2)CC1)C1CC1. The standard InChI is InChI=1S/C15H26N2O2/c1-15(19,11-5-6-11)14(18)16-12-7-9-17(10-8-12)13-3-2-4-13/h11-13,19H,2-10H2,1H3,(H,16,18). The molecule has 3 rings (SSSR count). The van der Waals surface area contributed by atoms with E-state index in [1.165, 1.54) is 19.3 Å². The summed E-state index contributed by atoms with van der Waals surface area (Å²) in [4.78, 5) is 14.7. The highest BCUT2D eigenvalue weighted by Gasteiger charge is 2.46. The summed E-state index contributed by atoms with van der Waals surface area (Å²) in [5.74, 6) is 0.0275. The normalized spacial score (nSPS) is 29.6. The molecule has 1 heterocycles. The maximum Gasteiger partial charge on any atom is 0.252 e. The molecule has 2 aliphatic carbocycles. The number of nitrogens with one attached hydrogen (secondary N) is 1. The molecule has 0 spiro atoms. The molecule has 108 valence electrons. The predicted molar refractivity (Wildman–Crippen MR) is 73.7 cm³/mol. The average Bonchev–Trinajstić information content (AvgIpc) is 3.13. The molecule has 1 aliphatic heterocycles. The lowest BCUT2D eigenvalue weighted by Crippen LogP contribution is -2.54. The van der Waals surface area contributed by atoms with Gasteiger partial charge in [0.2, 0.25) is 0 Å². The van der Waals surface area contributed by atoms with Gasteiger partial charge in [-0.2, -0.15) is 0 Å². The topological polar surface area (TPSA) is 52.6 Å². The Hall–Kier alpha value is -0.610. The summed E-state index contributed by atoms with van der Waals surface area (Å²) in [6.45, 7) is 3.87. The quantitative estimate of drug-likeness (QED) is 0.806. The number of hydrogen-bond acceptors (Lipinski definition) is 3. The lowest BCUT2D eigenvalue weighted by atomic mass is 9.89. The van der Waals surface area contributed by atoms with Crippen LogP contribution in [0.4, 0.5) is 0 Å². The number of piperidine rings is 1. The van der Waals surface area contributed by atoms with Crippen LogP contribution in [0.15, 0.2) is 0 Å². The van der Waals surface area contributed by atoms with E-state index in [0.717, 1.165) is 44.8 Å². The van der Waals surface area contributed by atoms with Crippen LogP contribution in [0.3, 0.4) is 0 Å². The van der Waals surface area contributed by atoms with Crippen LogP contribution in [-0.4, -0.2) is 46.7 Å². The molecule has 0 aromatic heterocycles. The Kier molecular flexibility index (Phi) is 3.56. The van der Waals surface area contributed by atoms with Crippen molar-refractivity contribution in [2.24, 2.45) is 5.92 Å². The van der Waals surface area contributed by atoms with Crippen molar-refractivity contribution < 1.29 is 9.90 Å². The minimum atomic E-state index is -1.15. The maximum atomic E-state index is 12.1. The van der Waals surface area contributed by atoms with Crippen LogP contribution in [0.2, 0.25) is 0 Å². The number of carbonyl (C=O) groups excluding carboxylic acids is 1. The first-order chi connectivity index (χ1) is 9.07. The molecular weight excluding hydrogens is 240 g/mol. The van der Waals surface area contributed by atoms with Gasteiger partial charge in [-0.1, -0.05) is 6.42 Å². The third kappa shape index (κ3) is 2.79. The van der Waals surface area contributed by atoms with Crippen molar-refractivity contribution in [1.82, 2.24) is 10.2 Å². The highest BCUT2D eigenvalue weighted by atomic mass is 16.3. The molecule has 1 unspecified atom stereocenters. The third-order valence-electron chi connectivity index (χ3n) is 5.29. The van der Waals surface area contributed by atoms with E-state index in [9.17, 15) is 9.90 Å². The van der Waals surface area contributed by atoms with Crippen LogP contribution in [0.5, 0.6) is 0 Å².